The van der Waals surface area contributed by atoms with Crippen LogP contribution < -0.4 is 16.4 Å². The number of fused-ring (bicyclic) bond motifs is 1. The Hall–Kier alpha value is -3.78. The zero-order chi connectivity index (χ0) is 28.9. The third-order valence-corrected chi connectivity index (χ3v) is 6.26. The summed E-state index contributed by atoms with van der Waals surface area (Å²) in [6, 6.07) is 4.66. The summed E-state index contributed by atoms with van der Waals surface area (Å²) >= 11 is 6.35. The van der Waals surface area contributed by atoms with E-state index in [-0.39, 0.29) is 33.7 Å². The Kier molecular flexibility index (Phi) is 9.20. The molecule has 0 aliphatic carbocycles. The molecule has 1 aromatic carbocycles. The zero-order valence-electron chi connectivity index (χ0n) is 21.1. The Morgan fingerprint density at radius 2 is 1.90 bits per heavy atom. The molecule has 214 valence electrons. The van der Waals surface area contributed by atoms with Crippen LogP contribution in [-0.4, -0.2) is 49.6 Å². The molecule has 40 heavy (non-hydrogen) atoms. The molecule has 1 amide bonds. The quantitative estimate of drug-likeness (QED) is 0.149. The van der Waals surface area contributed by atoms with Crippen molar-refractivity contribution < 1.29 is 26.7 Å². The highest BCUT2D eigenvalue weighted by Crippen LogP contribution is 2.37. The van der Waals surface area contributed by atoms with E-state index in [1.807, 2.05) is 0 Å². The third-order valence-electron chi connectivity index (χ3n) is 5.95. The van der Waals surface area contributed by atoms with Crippen LogP contribution in [0, 0.1) is 0 Å². The van der Waals surface area contributed by atoms with E-state index in [0.29, 0.717) is 23.5 Å². The smallest absolute Gasteiger partial charge is 0.352 e. The van der Waals surface area contributed by atoms with E-state index in [9.17, 15) is 26.7 Å². The molecule has 0 spiro atoms. The number of amides is 1. The lowest BCUT2D eigenvalue weighted by atomic mass is 10.1. The summed E-state index contributed by atoms with van der Waals surface area (Å²) in [4.78, 5) is 20.9. The minimum atomic E-state index is -4.88. The normalized spacial score (nSPS) is 11.9. The summed E-state index contributed by atoms with van der Waals surface area (Å²) in [5, 5.41) is 9.34. The number of hydrogen-bond donors (Lipinski definition) is 3. The number of carbonyl (C=O) groups is 1. The van der Waals surface area contributed by atoms with E-state index in [1.54, 1.807) is 12.1 Å². The van der Waals surface area contributed by atoms with E-state index in [0.717, 1.165) is 31.9 Å². The van der Waals surface area contributed by atoms with Gasteiger partial charge in [-0.3, -0.25) is 13.9 Å². The first-order valence-electron chi connectivity index (χ1n) is 12.4. The molecule has 0 fully saturated rings. The van der Waals surface area contributed by atoms with Gasteiger partial charge >= 0.3 is 6.18 Å². The molecule has 3 heterocycles. The first-order chi connectivity index (χ1) is 19.1. The van der Waals surface area contributed by atoms with Crippen molar-refractivity contribution in [3.8, 4) is 11.3 Å². The minimum absolute atomic E-state index is 0.0126. The lowest BCUT2D eigenvalue weighted by Crippen LogP contribution is -2.24. The molecule has 0 atom stereocenters. The number of nitrogens with zero attached hydrogens (tertiary/aromatic N) is 5. The summed E-state index contributed by atoms with van der Waals surface area (Å²) in [5.41, 5.74) is 4.64. The second-order valence-electron chi connectivity index (χ2n) is 8.89. The Morgan fingerprint density at radius 3 is 2.60 bits per heavy atom. The van der Waals surface area contributed by atoms with E-state index >= 15 is 0 Å². The topological polar surface area (TPSA) is 115 Å². The average Bonchev–Trinajstić information content (AvgIpc) is 3.50. The Labute approximate surface area is 230 Å². The number of aromatic nitrogens is 5. The molecule has 3 aromatic heterocycles. The Bertz CT molecular complexity index is 1470. The molecule has 0 saturated heterocycles. The zero-order valence-corrected chi connectivity index (χ0v) is 21.8. The number of nitrogens with one attached hydrogen (secondary N) is 2. The van der Waals surface area contributed by atoms with Crippen molar-refractivity contribution in [3.05, 3.63) is 59.3 Å². The van der Waals surface area contributed by atoms with Gasteiger partial charge in [0, 0.05) is 30.8 Å². The molecule has 4 aromatic rings. The molecule has 0 unspecified atom stereocenters. The maximum Gasteiger partial charge on any atom is 0.435 e. The Morgan fingerprint density at radius 1 is 1.12 bits per heavy atom. The van der Waals surface area contributed by atoms with Crippen molar-refractivity contribution in [3.63, 3.8) is 0 Å². The van der Waals surface area contributed by atoms with Crippen molar-refractivity contribution in [1.82, 2.24) is 29.5 Å². The van der Waals surface area contributed by atoms with E-state index in [4.69, 9.17) is 17.3 Å². The monoisotopic (exact) mass is 584 g/mol. The lowest BCUT2D eigenvalue weighted by molar-refractivity contribution is -0.141. The molecular formula is C25H26ClF5N8O. The number of rotatable bonds is 12. The van der Waals surface area contributed by atoms with Gasteiger partial charge in [0.15, 0.2) is 17.2 Å². The van der Waals surface area contributed by atoms with Gasteiger partial charge < -0.3 is 16.4 Å². The van der Waals surface area contributed by atoms with E-state index in [1.165, 1.54) is 29.1 Å². The van der Waals surface area contributed by atoms with Crippen LogP contribution in [0.3, 0.4) is 0 Å². The van der Waals surface area contributed by atoms with Gasteiger partial charge in [0.25, 0.3) is 12.3 Å². The maximum absolute atomic E-state index is 13.7. The van der Waals surface area contributed by atoms with Crippen molar-refractivity contribution >= 4 is 34.7 Å². The molecule has 0 radical (unpaired) electrons. The predicted molar refractivity (Wildman–Crippen MR) is 140 cm³/mol. The van der Waals surface area contributed by atoms with Crippen molar-refractivity contribution in [2.45, 2.75) is 44.8 Å². The summed E-state index contributed by atoms with van der Waals surface area (Å²) in [6.07, 6.45) is 0.782. The van der Waals surface area contributed by atoms with E-state index < -0.39 is 30.4 Å². The van der Waals surface area contributed by atoms with E-state index in [2.05, 4.69) is 25.7 Å². The molecular weight excluding hydrogens is 559 g/mol. The molecule has 0 saturated carbocycles. The molecule has 4 rings (SSSR count). The van der Waals surface area contributed by atoms with Gasteiger partial charge in [-0.05, 0) is 37.6 Å². The number of alkyl halides is 5. The fourth-order valence-corrected chi connectivity index (χ4v) is 4.36. The summed E-state index contributed by atoms with van der Waals surface area (Å²) < 4.78 is 68.5. The van der Waals surface area contributed by atoms with Gasteiger partial charge in [0.05, 0.1) is 28.0 Å². The van der Waals surface area contributed by atoms with Gasteiger partial charge in [0.2, 0.25) is 0 Å². The van der Waals surface area contributed by atoms with Gasteiger partial charge in [-0.2, -0.15) is 18.3 Å². The highest BCUT2D eigenvalue weighted by Gasteiger charge is 2.38. The number of hydrogen-bond acceptors (Lipinski definition) is 6. The van der Waals surface area contributed by atoms with Crippen LogP contribution in [0.4, 0.5) is 33.5 Å². The third kappa shape index (κ3) is 6.86. The standard InChI is InChI=1S/C25H26ClF5N8O/c26-18-11-15(5-6-16(18)24(40)34-8-4-2-1-3-7-32)36-22-23-35-12-19(39(23)10-9-33-22)17-13-38(14-20(27)28)37-21(17)25(29,30)31/h5-6,9-13,20H,1-4,7-8,14,32H2,(H,33,36)(H,34,40). The van der Waals surface area contributed by atoms with Crippen LogP contribution in [0.1, 0.15) is 41.7 Å². The number of benzene rings is 1. The fourth-order valence-electron chi connectivity index (χ4n) is 4.09. The highest BCUT2D eigenvalue weighted by atomic mass is 35.5. The minimum Gasteiger partial charge on any atom is -0.352 e. The van der Waals surface area contributed by atoms with Crippen molar-refractivity contribution in [2.24, 2.45) is 5.73 Å². The first-order valence-corrected chi connectivity index (χ1v) is 12.8. The SMILES string of the molecule is NCCCCCCNC(=O)c1ccc(Nc2nccn3c(-c4cn(CC(F)F)nc4C(F)(F)F)cnc23)cc1Cl. The van der Waals surface area contributed by atoms with Gasteiger partial charge in [0.1, 0.15) is 6.54 Å². The van der Waals surface area contributed by atoms with Crippen LogP contribution in [0.2, 0.25) is 5.02 Å². The van der Waals surface area contributed by atoms with Gasteiger partial charge in [-0.25, -0.2) is 18.7 Å². The molecule has 0 aliphatic heterocycles. The van der Waals surface area contributed by atoms with Gasteiger partial charge in [-0.1, -0.05) is 24.4 Å². The first kappa shape index (κ1) is 29.2. The molecule has 4 N–H and O–H groups in total. The van der Waals surface area contributed by atoms with Crippen LogP contribution in [0.15, 0.2) is 43.0 Å². The summed E-state index contributed by atoms with van der Waals surface area (Å²) in [5.74, 6) is -0.130. The second kappa shape index (κ2) is 12.6. The molecule has 0 bridgehead atoms. The van der Waals surface area contributed by atoms with Crippen molar-refractivity contribution in [2.75, 3.05) is 18.4 Å². The largest absolute Gasteiger partial charge is 0.435 e. The van der Waals surface area contributed by atoms with Gasteiger partial charge in [-0.15, -0.1) is 0 Å². The highest BCUT2D eigenvalue weighted by molar-refractivity contribution is 6.34. The second-order valence-corrected chi connectivity index (χ2v) is 9.30. The van der Waals surface area contributed by atoms with Crippen molar-refractivity contribution in [1.29, 1.82) is 0 Å². The summed E-state index contributed by atoms with van der Waals surface area (Å²) in [6.45, 7) is 0.158. The maximum atomic E-state index is 13.7. The summed E-state index contributed by atoms with van der Waals surface area (Å²) in [7, 11) is 0. The molecule has 0 aliphatic rings. The lowest BCUT2D eigenvalue weighted by Gasteiger charge is -2.11. The Balaban J connectivity index is 1.54. The van der Waals surface area contributed by atoms with Crippen LogP contribution in [0.25, 0.3) is 16.9 Å². The number of imidazole rings is 1. The van der Waals surface area contributed by atoms with Crippen LogP contribution in [0.5, 0.6) is 0 Å². The number of halogens is 6. The number of carbonyl (C=O) groups excluding carboxylic acids is 1. The number of anilines is 2. The average molecular weight is 585 g/mol. The molecule has 15 heteroatoms. The van der Waals surface area contributed by atoms with Crippen LogP contribution in [-0.2, 0) is 12.7 Å². The van der Waals surface area contributed by atoms with Crippen LogP contribution >= 0.6 is 11.6 Å². The number of nitrogens with two attached hydrogens (primary N) is 1. The predicted octanol–water partition coefficient (Wildman–Crippen LogP) is 5.52. The molecule has 9 nitrogen and oxygen atoms in total. The fraction of sp³-hybridized carbons (Fsp3) is 0.360. The number of unbranched alkanes of at least 4 members (excludes halogenated alkanes) is 3.